The zero-order valence-electron chi connectivity index (χ0n) is 17.4. The van der Waals surface area contributed by atoms with Gasteiger partial charge in [-0.1, -0.05) is 23.2 Å². The van der Waals surface area contributed by atoms with Crippen molar-refractivity contribution in [3.8, 4) is 0 Å². The molecule has 2 heterocycles. The maximum Gasteiger partial charge on any atom is 0.410 e. The predicted molar refractivity (Wildman–Crippen MR) is 111 cm³/mol. The highest BCUT2D eigenvalue weighted by atomic mass is 35.5. The van der Waals surface area contributed by atoms with Crippen molar-refractivity contribution < 1.29 is 14.3 Å². The molecule has 28 heavy (non-hydrogen) atoms. The predicted octanol–water partition coefficient (Wildman–Crippen LogP) is 3.55. The SMILES string of the molecule is Cc1[nH]c(C(=O)N[C@H]2CCN(C(=O)OC(C)(C)C)C[C@H]2CN(C)C)c(Cl)c1Cl. The van der Waals surface area contributed by atoms with Crippen molar-refractivity contribution >= 4 is 35.2 Å². The lowest BCUT2D eigenvalue weighted by molar-refractivity contribution is 0.0116. The molecule has 0 aromatic carbocycles. The van der Waals surface area contributed by atoms with E-state index in [2.05, 4.69) is 10.3 Å². The van der Waals surface area contributed by atoms with Crippen LogP contribution in [0.3, 0.4) is 0 Å². The van der Waals surface area contributed by atoms with Crippen molar-refractivity contribution in [2.24, 2.45) is 5.92 Å². The Bertz CT molecular complexity index is 727. The van der Waals surface area contributed by atoms with Gasteiger partial charge in [0.05, 0.1) is 10.0 Å². The number of nitrogens with zero attached hydrogens (tertiary/aromatic N) is 2. The molecule has 1 aromatic rings. The molecule has 0 aliphatic carbocycles. The highest BCUT2D eigenvalue weighted by Gasteiger charge is 2.35. The summed E-state index contributed by atoms with van der Waals surface area (Å²) in [6.07, 6.45) is 0.310. The van der Waals surface area contributed by atoms with Crippen molar-refractivity contribution in [2.75, 3.05) is 33.7 Å². The summed E-state index contributed by atoms with van der Waals surface area (Å²) >= 11 is 12.3. The minimum absolute atomic E-state index is 0.0607. The molecule has 1 aromatic heterocycles. The first-order valence-electron chi connectivity index (χ1n) is 9.36. The fourth-order valence-electron chi connectivity index (χ4n) is 3.34. The summed E-state index contributed by atoms with van der Waals surface area (Å²) in [5.74, 6) is -0.231. The van der Waals surface area contributed by atoms with Crippen molar-refractivity contribution in [3.05, 3.63) is 21.4 Å². The minimum Gasteiger partial charge on any atom is -0.444 e. The van der Waals surface area contributed by atoms with E-state index < -0.39 is 5.60 Å². The molecule has 2 amide bonds. The van der Waals surface area contributed by atoms with Gasteiger partial charge < -0.3 is 24.8 Å². The number of carbonyl (C=O) groups excluding carboxylic acids is 2. The third kappa shape index (κ3) is 5.78. The first-order valence-corrected chi connectivity index (χ1v) is 10.1. The summed E-state index contributed by atoms with van der Waals surface area (Å²) in [5.41, 5.74) is 0.379. The monoisotopic (exact) mass is 432 g/mol. The maximum absolute atomic E-state index is 12.7. The Morgan fingerprint density at radius 3 is 2.43 bits per heavy atom. The molecule has 7 nitrogen and oxygen atoms in total. The highest BCUT2D eigenvalue weighted by molar-refractivity contribution is 6.44. The summed E-state index contributed by atoms with van der Waals surface area (Å²) in [6, 6.07) is -0.0907. The standard InChI is InChI=1S/C19H30Cl2N4O3/c1-11-14(20)15(21)16(22-11)17(26)23-13-7-8-25(10-12(13)9-24(5)6)18(27)28-19(2,3)4/h12-13,22H,7-10H2,1-6H3,(H,23,26)/t12-,13+/m1/s1. The molecule has 0 unspecified atom stereocenters. The van der Waals surface area contributed by atoms with Gasteiger partial charge in [-0.25, -0.2) is 4.79 Å². The molecule has 9 heteroatoms. The Morgan fingerprint density at radius 2 is 1.93 bits per heavy atom. The van der Waals surface area contributed by atoms with Crippen LogP contribution in [0.5, 0.6) is 0 Å². The van der Waals surface area contributed by atoms with Crippen LogP contribution in [0, 0.1) is 12.8 Å². The molecule has 1 saturated heterocycles. The number of likely N-dealkylation sites (tertiary alicyclic amines) is 1. The van der Waals surface area contributed by atoms with Gasteiger partial charge in [-0.05, 0) is 48.2 Å². The van der Waals surface area contributed by atoms with Crippen molar-refractivity contribution in [3.63, 3.8) is 0 Å². The quantitative estimate of drug-likeness (QED) is 0.762. The number of H-pyrrole nitrogens is 1. The Balaban J connectivity index is 2.10. The number of aromatic amines is 1. The van der Waals surface area contributed by atoms with Crippen molar-refractivity contribution in [2.45, 2.75) is 45.8 Å². The lowest BCUT2D eigenvalue weighted by Gasteiger charge is -2.40. The second-order valence-electron chi connectivity index (χ2n) is 8.57. The number of piperidine rings is 1. The number of rotatable bonds is 4. The van der Waals surface area contributed by atoms with Gasteiger partial charge >= 0.3 is 6.09 Å². The van der Waals surface area contributed by atoms with Crippen LogP contribution in [0.25, 0.3) is 0 Å². The summed E-state index contributed by atoms with van der Waals surface area (Å²) in [7, 11) is 3.94. The minimum atomic E-state index is -0.541. The molecule has 2 N–H and O–H groups in total. The maximum atomic E-state index is 12.7. The van der Waals surface area contributed by atoms with E-state index in [-0.39, 0.29) is 34.7 Å². The molecule has 2 rings (SSSR count). The molecule has 0 bridgehead atoms. The Hall–Kier alpha value is -1.44. The van der Waals surface area contributed by atoms with Crippen LogP contribution in [0.4, 0.5) is 4.79 Å². The van der Waals surface area contributed by atoms with E-state index in [4.69, 9.17) is 27.9 Å². The van der Waals surface area contributed by atoms with Gasteiger partial charge in [-0.15, -0.1) is 0 Å². The number of aromatic nitrogens is 1. The molecule has 0 radical (unpaired) electrons. The van der Waals surface area contributed by atoms with Crippen LogP contribution in [-0.4, -0.2) is 72.2 Å². The largest absolute Gasteiger partial charge is 0.444 e. The molecular formula is C19H30Cl2N4O3. The average Bonchev–Trinajstić information content (AvgIpc) is 2.82. The smallest absolute Gasteiger partial charge is 0.410 e. The second-order valence-corrected chi connectivity index (χ2v) is 9.33. The van der Waals surface area contributed by atoms with Gasteiger partial charge in [-0.2, -0.15) is 0 Å². The van der Waals surface area contributed by atoms with Gasteiger partial charge in [0.15, 0.2) is 0 Å². The topological polar surface area (TPSA) is 77.7 Å². The Labute approximate surface area is 176 Å². The average molecular weight is 433 g/mol. The molecule has 158 valence electrons. The zero-order chi connectivity index (χ0) is 21.2. The van der Waals surface area contributed by atoms with Crippen LogP contribution in [-0.2, 0) is 4.74 Å². The number of carbonyl (C=O) groups is 2. The fraction of sp³-hybridized carbons (Fsp3) is 0.684. The van der Waals surface area contributed by atoms with E-state index in [0.717, 1.165) is 6.54 Å². The third-order valence-corrected chi connectivity index (χ3v) is 5.53. The van der Waals surface area contributed by atoms with Gasteiger partial charge in [-0.3, -0.25) is 4.79 Å². The molecule has 1 aliphatic heterocycles. The molecule has 0 saturated carbocycles. The van der Waals surface area contributed by atoms with Crippen molar-refractivity contribution in [1.82, 2.24) is 20.1 Å². The summed E-state index contributed by atoms with van der Waals surface area (Å²) in [5, 5.41) is 3.65. The Kier molecular flexibility index (Phi) is 7.28. The number of hydrogen-bond acceptors (Lipinski definition) is 4. The van der Waals surface area contributed by atoms with E-state index in [1.807, 2.05) is 39.8 Å². The van der Waals surface area contributed by atoms with Crippen LogP contribution < -0.4 is 5.32 Å². The van der Waals surface area contributed by atoms with E-state index in [1.165, 1.54) is 0 Å². The Morgan fingerprint density at radius 1 is 1.29 bits per heavy atom. The number of nitrogens with one attached hydrogen (secondary N) is 2. The zero-order valence-corrected chi connectivity index (χ0v) is 18.9. The second kappa shape index (κ2) is 8.93. The molecular weight excluding hydrogens is 403 g/mol. The normalized spacial score (nSPS) is 20.4. The molecule has 2 atom stereocenters. The van der Waals surface area contributed by atoms with Crippen LogP contribution in [0.1, 0.15) is 43.4 Å². The van der Waals surface area contributed by atoms with E-state index in [1.54, 1.807) is 11.8 Å². The molecule has 0 spiro atoms. The first kappa shape index (κ1) is 22.8. The fourth-order valence-corrected chi connectivity index (χ4v) is 3.75. The number of aryl methyl sites for hydroxylation is 1. The summed E-state index contributed by atoms with van der Waals surface area (Å²) in [6.45, 7) is 9.06. The summed E-state index contributed by atoms with van der Waals surface area (Å²) in [4.78, 5) is 31.9. The highest BCUT2D eigenvalue weighted by Crippen LogP contribution is 2.29. The summed E-state index contributed by atoms with van der Waals surface area (Å²) < 4.78 is 5.50. The van der Waals surface area contributed by atoms with Gasteiger partial charge in [0.25, 0.3) is 5.91 Å². The third-order valence-electron chi connectivity index (χ3n) is 4.58. The van der Waals surface area contributed by atoms with Gasteiger partial charge in [0.2, 0.25) is 0 Å². The van der Waals surface area contributed by atoms with E-state index in [0.29, 0.717) is 30.2 Å². The van der Waals surface area contributed by atoms with Crippen LogP contribution in [0.15, 0.2) is 0 Å². The van der Waals surface area contributed by atoms with E-state index in [9.17, 15) is 9.59 Å². The lowest BCUT2D eigenvalue weighted by Crippen LogP contribution is -2.55. The lowest BCUT2D eigenvalue weighted by atomic mass is 9.91. The first-order chi connectivity index (χ1) is 12.9. The van der Waals surface area contributed by atoms with Crippen LogP contribution in [0.2, 0.25) is 10.0 Å². The van der Waals surface area contributed by atoms with Crippen LogP contribution >= 0.6 is 23.2 Å². The number of ether oxygens (including phenoxy) is 1. The number of amides is 2. The molecule has 1 fully saturated rings. The number of hydrogen-bond donors (Lipinski definition) is 2. The number of halogens is 2. The van der Waals surface area contributed by atoms with Crippen molar-refractivity contribution in [1.29, 1.82) is 0 Å². The molecule has 1 aliphatic rings. The van der Waals surface area contributed by atoms with Gasteiger partial charge in [0, 0.05) is 37.3 Å². The van der Waals surface area contributed by atoms with Gasteiger partial charge in [0.1, 0.15) is 11.3 Å². The van der Waals surface area contributed by atoms with E-state index >= 15 is 0 Å².